The average Bonchev–Trinajstić information content (AvgIpc) is 3.02. The molecule has 8 heteroatoms. The molecular weight excluding hydrogens is 353 g/mol. The molecule has 25 heavy (non-hydrogen) atoms. The molecule has 3 rings (SSSR count). The maximum absolute atomic E-state index is 12.3. The van der Waals surface area contributed by atoms with Gasteiger partial charge in [-0.15, -0.1) is 11.8 Å². The zero-order valence-corrected chi connectivity index (χ0v) is 13.9. The molecule has 1 N–H and O–H groups in total. The maximum atomic E-state index is 12.3. The minimum Gasteiger partial charge on any atom is -0.468 e. The summed E-state index contributed by atoms with van der Waals surface area (Å²) in [6.07, 6.45) is -2.39. The van der Waals surface area contributed by atoms with Gasteiger partial charge in [0.05, 0.1) is 5.25 Å². The molecule has 1 aromatic carbocycles. The van der Waals surface area contributed by atoms with Gasteiger partial charge in [-0.05, 0) is 29.7 Å². The maximum Gasteiger partial charge on any atom is 0.422 e. The zero-order valence-electron chi connectivity index (χ0n) is 13.0. The number of amides is 1. The first-order chi connectivity index (χ1) is 11.9. The van der Waals surface area contributed by atoms with Gasteiger partial charge in [-0.2, -0.15) is 13.2 Å². The largest absolute Gasteiger partial charge is 0.468 e. The number of hydrogen-bond acceptors (Lipinski definition) is 4. The molecule has 1 unspecified atom stereocenters. The van der Waals surface area contributed by atoms with Crippen LogP contribution in [0.4, 0.5) is 13.2 Å². The van der Waals surface area contributed by atoms with Crippen LogP contribution < -0.4 is 10.1 Å². The van der Waals surface area contributed by atoms with Crippen molar-refractivity contribution in [3.8, 4) is 5.88 Å². The Hall–Kier alpha value is -2.22. The summed E-state index contributed by atoms with van der Waals surface area (Å²) in [4.78, 5) is 17.1. The summed E-state index contributed by atoms with van der Waals surface area (Å²) in [7, 11) is 0. The van der Waals surface area contributed by atoms with Crippen molar-refractivity contribution >= 4 is 17.7 Å². The molecule has 1 amide bonds. The predicted molar refractivity (Wildman–Crippen MR) is 87.4 cm³/mol. The van der Waals surface area contributed by atoms with Crippen molar-refractivity contribution in [2.45, 2.75) is 29.3 Å². The van der Waals surface area contributed by atoms with E-state index in [0.717, 1.165) is 10.5 Å². The number of nitrogens with one attached hydrogen (secondary N) is 1. The van der Waals surface area contributed by atoms with E-state index in [0.29, 0.717) is 12.0 Å². The molecule has 2 heterocycles. The SMILES string of the molecule is O=C(NCc1ccnc(OCC(F)(F)F)c1)C1Cc2ccccc2S1. The number of thioether (sulfide) groups is 1. The van der Waals surface area contributed by atoms with Crippen molar-refractivity contribution in [1.82, 2.24) is 10.3 Å². The van der Waals surface area contributed by atoms with Crippen LogP contribution in [0, 0.1) is 0 Å². The molecule has 0 saturated heterocycles. The molecule has 0 fully saturated rings. The molecule has 0 spiro atoms. The molecule has 1 aromatic heterocycles. The number of benzene rings is 1. The summed E-state index contributed by atoms with van der Waals surface area (Å²) >= 11 is 1.52. The number of ether oxygens (including phenoxy) is 1. The summed E-state index contributed by atoms with van der Waals surface area (Å²) in [6, 6.07) is 10.9. The lowest BCUT2D eigenvalue weighted by Gasteiger charge is -2.11. The van der Waals surface area contributed by atoms with Crippen LogP contribution in [-0.4, -0.2) is 28.9 Å². The molecule has 2 aromatic rings. The second kappa shape index (κ2) is 7.35. The zero-order chi connectivity index (χ0) is 17.9. The van der Waals surface area contributed by atoms with Crippen molar-refractivity contribution in [2.75, 3.05) is 6.61 Å². The highest BCUT2D eigenvalue weighted by atomic mass is 32.2. The van der Waals surface area contributed by atoms with Gasteiger partial charge in [0.15, 0.2) is 6.61 Å². The molecule has 1 aliphatic heterocycles. The van der Waals surface area contributed by atoms with Crippen LogP contribution in [0.2, 0.25) is 0 Å². The fourth-order valence-electron chi connectivity index (χ4n) is 2.43. The summed E-state index contributed by atoms with van der Waals surface area (Å²) in [5, 5.41) is 2.62. The second-order valence-electron chi connectivity index (χ2n) is 5.54. The Morgan fingerprint density at radius 2 is 2.12 bits per heavy atom. The predicted octanol–water partition coefficient (Wildman–Crippen LogP) is 3.36. The Kier molecular flexibility index (Phi) is 5.17. The normalized spacial score (nSPS) is 16.4. The molecule has 1 aliphatic rings. The minimum absolute atomic E-state index is 0.101. The van der Waals surface area contributed by atoms with E-state index in [1.54, 1.807) is 6.07 Å². The summed E-state index contributed by atoms with van der Waals surface area (Å²) in [6.45, 7) is -1.19. The van der Waals surface area contributed by atoms with E-state index >= 15 is 0 Å². The third-order valence-electron chi connectivity index (χ3n) is 3.59. The van der Waals surface area contributed by atoms with Crippen LogP contribution in [0.5, 0.6) is 5.88 Å². The van der Waals surface area contributed by atoms with Crippen LogP contribution in [0.1, 0.15) is 11.1 Å². The first-order valence-corrected chi connectivity index (χ1v) is 8.45. The number of aromatic nitrogens is 1. The highest BCUT2D eigenvalue weighted by Crippen LogP contribution is 2.36. The van der Waals surface area contributed by atoms with Crippen molar-refractivity contribution in [1.29, 1.82) is 0 Å². The topological polar surface area (TPSA) is 51.2 Å². The summed E-state index contributed by atoms with van der Waals surface area (Å²) in [5.74, 6) is -0.220. The van der Waals surface area contributed by atoms with E-state index in [4.69, 9.17) is 0 Å². The monoisotopic (exact) mass is 368 g/mol. The van der Waals surface area contributed by atoms with Gasteiger partial charge >= 0.3 is 6.18 Å². The summed E-state index contributed by atoms with van der Waals surface area (Å²) in [5.41, 5.74) is 1.78. The number of pyridine rings is 1. The van der Waals surface area contributed by atoms with Gasteiger partial charge in [-0.1, -0.05) is 18.2 Å². The fraction of sp³-hybridized carbons (Fsp3) is 0.294. The molecule has 0 bridgehead atoms. The number of nitrogens with zero attached hydrogens (tertiary/aromatic N) is 1. The highest BCUT2D eigenvalue weighted by molar-refractivity contribution is 8.01. The Morgan fingerprint density at radius 3 is 2.88 bits per heavy atom. The van der Waals surface area contributed by atoms with Crippen LogP contribution in [0.15, 0.2) is 47.5 Å². The van der Waals surface area contributed by atoms with Gasteiger partial charge in [0, 0.05) is 23.7 Å². The lowest BCUT2D eigenvalue weighted by molar-refractivity contribution is -0.154. The number of rotatable bonds is 5. The Balaban J connectivity index is 1.53. The molecule has 4 nitrogen and oxygen atoms in total. The van der Waals surface area contributed by atoms with Crippen molar-refractivity contribution < 1.29 is 22.7 Å². The number of carbonyl (C=O) groups is 1. The standard InChI is InChI=1S/C17H15F3N2O2S/c18-17(19,20)10-24-15-7-11(5-6-21-15)9-22-16(23)14-8-12-3-1-2-4-13(12)25-14/h1-7,14H,8-10H2,(H,22,23). The van der Waals surface area contributed by atoms with E-state index in [1.807, 2.05) is 24.3 Å². The molecule has 0 aliphatic carbocycles. The van der Waals surface area contributed by atoms with E-state index < -0.39 is 12.8 Å². The highest BCUT2D eigenvalue weighted by Gasteiger charge is 2.29. The van der Waals surface area contributed by atoms with Gasteiger partial charge in [0.1, 0.15) is 0 Å². The van der Waals surface area contributed by atoms with E-state index in [2.05, 4.69) is 15.0 Å². The number of hydrogen-bond donors (Lipinski definition) is 1. The molecule has 1 atom stereocenters. The van der Waals surface area contributed by atoms with Gasteiger partial charge < -0.3 is 10.1 Å². The van der Waals surface area contributed by atoms with E-state index in [1.165, 1.54) is 24.0 Å². The quantitative estimate of drug-likeness (QED) is 0.879. The molecule has 0 radical (unpaired) electrons. The number of alkyl halides is 3. The first-order valence-electron chi connectivity index (χ1n) is 7.57. The van der Waals surface area contributed by atoms with Gasteiger partial charge in [-0.3, -0.25) is 4.79 Å². The van der Waals surface area contributed by atoms with Crippen molar-refractivity contribution in [3.05, 3.63) is 53.7 Å². The second-order valence-corrected chi connectivity index (χ2v) is 6.79. The minimum atomic E-state index is -4.42. The third-order valence-corrected chi connectivity index (χ3v) is 4.91. The van der Waals surface area contributed by atoms with Crippen LogP contribution in [0.25, 0.3) is 0 Å². The van der Waals surface area contributed by atoms with Crippen LogP contribution in [0.3, 0.4) is 0 Å². The van der Waals surface area contributed by atoms with Gasteiger partial charge in [0.2, 0.25) is 11.8 Å². The number of fused-ring (bicyclic) bond motifs is 1. The molecule has 132 valence electrons. The Morgan fingerprint density at radius 1 is 1.32 bits per heavy atom. The Labute approximate surface area is 146 Å². The lowest BCUT2D eigenvalue weighted by atomic mass is 10.1. The Bertz CT molecular complexity index is 743. The van der Waals surface area contributed by atoms with E-state index in [9.17, 15) is 18.0 Å². The van der Waals surface area contributed by atoms with Gasteiger partial charge in [0.25, 0.3) is 0 Å². The van der Waals surface area contributed by atoms with Gasteiger partial charge in [-0.25, -0.2) is 4.98 Å². The number of carbonyl (C=O) groups excluding carboxylic acids is 1. The van der Waals surface area contributed by atoms with Crippen LogP contribution >= 0.6 is 11.8 Å². The van der Waals surface area contributed by atoms with E-state index in [-0.39, 0.29) is 23.6 Å². The number of halogens is 3. The van der Waals surface area contributed by atoms with Crippen LogP contribution in [-0.2, 0) is 17.8 Å². The molecule has 0 saturated carbocycles. The van der Waals surface area contributed by atoms with Crippen molar-refractivity contribution in [2.24, 2.45) is 0 Å². The third kappa shape index (κ3) is 4.88. The van der Waals surface area contributed by atoms with Crippen molar-refractivity contribution in [3.63, 3.8) is 0 Å². The smallest absolute Gasteiger partial charge is 0.422 e. The lowest BCUT2D eigenvalue weighted by Crippen LogP contribution is -2.32. The first kappa shape index (κ1) is 17.6. The average molecular weight is 368 g/mol. The fourth-order valence-corrected chi connectivity index (χ4v) is 3.65. The molecular formula is C17H15F3N2O2S. The summed E-state index contributed by atoms with van der Waals surface area (Å²) < 4.78 is 41.1.